The Morgan fingerprint density at radius 3 is 1.37 bits per heavy atom. The molecule has 0 aliphatic rings. The summed E-state index contributed by atoms with van der Waals surface area (Å²) in [5.41, 5.74) is 5.34. The SMILES string of the molecule is CCCCC/C=C\C/C=C\C/C=C\C/C=C\CCCCCC(=O)OC[C@H](COP(=O)(O)OC[C@H](N)C(=O)O)OC(=O)CCCCCCCCCCCCCCCCCC. The molecule has 3 atom stereocenters. The number of hydrogen-bond acceptors (Lipinski definition) is 9. The molecule has 0 saturated heterocycles. The van der Waals surface area contributed by atoms with Crippen molar-refractivity contribution in [2.75, 3.05) is 19.8 Å². The maximum absolute atomic E-state index is 12.6. The van der Waals surface area contributed by atoms with Gasteiger partial charge in [0.05, 0.1) is 13.2 Å². The number of phosphoric acid groups is 1. The van der Waals surface area contributed by atoms with Crippen molar-refractivity contribution in [3.05, 3.63) is 48.6 Å². The van der Waals surface area contributed by atoms with Crippen LogP contribution >= 0.6 is 7.82 Å². The van der Waals surface area contributed by atoms with Crippen LogP contribution in [-0.4, -0.2) is 59.9 Å². The number of unbranched alkanes of at least 4 members (excludes halogenated alkanes) is 21. The molecule has 0 spiro atoms. The fraction of sp³-hybridized carbons (Fsp3) is 0.766. The van der Waals surface area contributed by atoms with Crippen LogP contribution in [0.25, 0.3) is 0 Å². The third-order valence-corrected chi connectivity index (χ3v) is 10.8. The van der Waals surface area contributed by atoms with Crippen molar-refractivity contribution in [3.63, 3.8) is 0 Å². The molecule has 0 saturated carbocycles. The number of aliphatic carboxylic acids is 1. The molecule has 0 radical (unpaired) electrons. The monoisotopic (exact) mass is 854 g/mol. The average molecular weight is 854 g/mol. The maximum Gasteiger partial charge on any atom is 0.472 e. The molecular weight excluding hydrogens is 769 g/mol. The molecule has 0 aromatic rings. The quantitative estimate of drug-likeness (QED) is 0.0231. The number of phosphoric ester groups is 1. The van der Waals surface area contributed by atoms with Crippen molar-refractivity contribution in [2.45, 2.75) is 212 Å². The van der Waals surface area contributed by atoms with Crippen molar-refractivity contribution < 1.29 is 47.5 Å². The maximum atomic E-state index is 12.6. The van der Waals surface area contributed by atoms with E-state index in [1.54, 1.807) is 0 Å². The van der Waals surface area contributed by atoms with Gasteiger partial charge in [0.15, 0.2) is 6.10 Å². The number of carbonyl (C=O) groups is 3. The normalized spacial score (nSPS) is 14.1. The lowest BCUT2D eigenvalue weighted by atomic mass is 10.0. The van der Waals surface area contributed by atoms with Gasteiger partial charge in [-0.2, -0.15) is 0 Å². The summed E-state index contributed by atoms with van der Waals surface area (Å²) in [6.07, 6.45) is 47.4. The lowest BCUT2D eigenvalue weighted by Gasteiger charge is -2.20. The summed E-state index contributed by atoms with van der Waals surface area (Å²) in [5, 5.41) is 8.90. The summed E-state index contributed by atoms with van der Waals surface area (Å²) < 4.78 is 32.7. The van der Waals surface area contributed by atoms with Gasteiger partial charge in [-0.3, -0.25) is 23.4 Å². The van der Waals surface area contributed by atoms with Gasteiger partial charge in [0.2, 0.25) is 0 Å². The lowest BCUT2D eigenvalue weighted by molar-refractivity contribution is -0.161. The minimum atomic E-state index is -4.72. The standard InChI is InChI=1S/C47H84NO10P/c1-3-5-7-9-11-13-15-17-19-21-22-23-25-26-28-30-32-34-36-38-45(49)55-40-43(41-56-59(53,54)57-42-44(48)47(51)52)58-46(50)39-37-35-33-31-29-27-24-20-18-16-14-12-10-8-6-4-2/h11,13,17,19,22-23,26,28,43-44H,3-10,12,14-16,18,20-21,24-25,27,29-42,48H2,1-2H3,(H,51,52)(H,53,54)/b13-11-,19-17-,23-22-,28-26-/t43-,44+/m1/s1. The van der Waals surface area contributed by atoms with Gasteiger partial charge in [-0.1, -0.05) is 178 Å². The molecule has 59 heavy (non-hydrogen) atoms. The number of allylic oxidation sites excluding steroid dienone is 8. The van der Waals surface area contributed by atoms with Gasteiger partial charge < -0.3 is 25.2 Å². The third kappa shape index (κ3) is 41.9. The Morgan fingerprint density at radius 1 is 0.525 bits per heavy atom. The number of carbonyl (C=O) groups excluding carboxylic acids is 2. The van der Waals surface area contributed by atoms with Crippen LogP contribution in [0.15, 0.2) is 48.6 Å². The smallest absolute Gasteiger partial charge is 0.472 e. The first-order valence-corrected chi connectivity index (χ1v) is 24.7. The predicted octanol–water partition coefficient (Wildman–Crippen LogP) is 12.6. The van der Waals surface area contributed by atoms with Gasteiger partial charge in [0, 0.05) is 12.8 Å². The van der Waals surface area contributed by atoms with Crippen LogP contribution in [-0.2, 0) is 37.5 Å². The molecule has 11 nitrogen and oxygen atoms in total. The molecule has 0 amide bonds. The average Bonchev–Trinajstić information content (AvgIpc) is 3.21. The largest absolute Gasteiger partial charge is 0.480 e. The first-order chi connectivity index (χ1) is 28.6. The van der Waals surface area contributed by atoms with Gasteiger partial charge in [-0.05, 0) is 57.8 Å². The van der Waals surface area contributed by atoms with E-state index < -0.39 is 51.1 Å². The Bertz CT molecular complexity index is 1190. The summed E-state index contributed by atoms with van der Waals surface area (Å²) in [4.78, 5) is 46.0. The molecule has 12 heteroatoms. The number of rotatable bonds is 43. The van der Waals surface area contributed by atoms with Crippen LogP contribution in [0.5, 0.6) is 0 Å². The van der Waals surface area contributed by atoms with Crippen LogP contribution in [0.2, 0.25) is 0 Å². The first-order valence-electron chi connectivity index (χ1n) is 23.2. The summed E-state index contributed by atoms with van der Waals surface area (Å²) in [5.74, 6) is -2.41. The summed E-state index contributed by atoms with van der Waals surface area (Å²) in [6, 6.07) is -1.53. The number of carboxylic acids is 1. The number of carboxylic acid groups (broad SMARTS) is 1. The van der Waals surface area contributed by atoms with Crippen molar-refractivity contribution in [1.82, 2.24) is 0 Å². The van der Waals surface area contributed by atoms with Gasteiger partial charge >= 0.3 is 25.7 Å². The molecule has 4 N–H and O–H groups in total. The van der Waals surface area contributed by atoms with Gasteiger partial charge in [0.1, 0.15) is 12.6 Å². The fourth-order valence-electron chi connectivity index (χ4n) is 6.17. The highest BCUT2D eigenvalue weighted by Gasteiger charge is 2.28. The number of esters is 2. The fourth-order valence-corrected chi connectivity index (χ4v) is 6.94. The van der Waals surface area contributed by atoms with Crippen LogP contribution in [0, 0.1) is 0 Å². The van der Waals surface area contributed by atoms with E-state index in [0.29, 0.717) is 12.8 Å². The minimum Gasteiger partial charge on any atom is -0.480 e. The Balaban J connectivity index is 4.38. The number of nitrogens with two attached hydrogens (primary N) is 1. The highest BCUT2D eigenvalue weighted by molar-refractivity contribution is 7.47. The van der Waals surface area contributed by atoms with E-state index in [2.05, 4.69) is 67.0 Å². The first kappa shape index (κ1) is 56.4. The van der Waals surface area contributed by atoms with E-state index in [-0.39, 0.29) is 19.4 Å². The van der Waals surface area contributed by atoms with Crippen molar-refractivity contribution in [2.24, 2.45) is 5.73 Å². The molecule has 1 unspecified atom stereocenters. The second-order valence-corrected chi connectivity index (χ2v) is 17.0. The van der Waals surface area contributed by atoms with Crippen LogP contribution in [0.1, 0.15) is 200 Å². The zero-order valence-electron chi connectivity index (χ0n) is 37.1. The van der Waals surface area contributed by atoms with E-state index in [1.807, 2.05) is 0 Å². The van der Waals surface area contributed by atoms with Crippen molar-refractivity contribution in [3.8, 4) is 0 Å². The molecule has 0 aromatic carbocycles. The molecule has 342 valence electrons. The second-order valence-electron chi connectivity index (χ2n) is 15.5. The third-order valence-electron chi connectivity index (χ3n) is 9.83. The number of hydrogen-bond donors (Lipinski definition) is 3. The lowest BCUT2D eigenvalue weighted by Crippen LogP contribution is -2.34. The van der Waals surface area contributed by atoms with Crippen molar-refractivity contribution in [1.29, 1.82) is 0 Å². The minimum absolute atomic E-state index is 0.156. The van der Waals surface area contributed by atoms with Crippen LogP contribution in [0.3, 0.4) is 0 Å². The molecular formula is C47H84NO10P. The van der Waals surface area contributed by atoms with Gasteiger partial charge in [0.25, 0.3) is 0 Å². The van der Waals surface area contributed by atoms with E-state index >= 15 is 0 Å². The molecule has 0 bridgehead atoms. The molecule has 0 aromatic heterocycles. The van der Waals surface area contributed by atoms with Crippen molar-refractivity contribution >= 4 is 25.7 Å². The van der Waals surface area contributed by atoms with Crippen LogP contribution < -0.4 is 5.73 Å². The topological polar surface area (TPSA) is 172 Å². The molecule has 0 fully saturated rings. The summed E-state index contributed by atoms with van der Waals surface area (Å²) in [7, 11) is -4.72. The van der Waals surface area contributed by atoms with Gasteiger partial charge in [-0.15, -0.1) is 0 Å². The predicted molar refractivity (Wildman–Crippen MR) is 240 cm³/mol. The molecule has 0 rings (SSSR count). The van der Waals surface area contributed by atoms with E-state index in [1.165, 1.54) is 103 Å². The zero-order valence-corrected chi connectivity index (χ0v) is 38.0. The number of ether oxygens (including phenoxy) is 2. The van der Waals surface area contributed by atoms with Gasteiger partial charge in [-0.25, -0.2) is 4.57 Å². The van der Waals surface area contributed by atoms with E-state index in [9.17, 15) is 23.8 Å². The Hall–Kier alpha value is -2.56. The van der Waals surface area contributed by atoms with E-state index in [0.717, 1.165) is 57.8 Å². The zero-order chi connectivity index (χ0) is 43.5. The molecule has 0 heterocycles. The Morgan fingerprint density at radius 2 is 0.898 bits per heavy atom. The molecule has 0 aliphatic carbocycles. The molecule has 0 aliphatic heterocycles. The van der Waals surface area contributed by atoms with E-state index in [4.69, 9.17) is 24.8 Å². The highest BCUT2D eigenvalue weighted by Crippen LogP contribution is 2.43. The summed E-state index contributed by atoms with van der Waals surface area (Å²) in [6.45, 7) is 2.76. The Labute approximate surface area is 358 Å². The highest BCUT2D eigenvalue weighted by atomic mass is 31.2. The van der Waals surface area contributed by atoms with Crippen LogP contribution in [0.4, 0.5) is 0 Å². The summed E-state index contributed by atoms with van der Waals surface area (Å²) >= 11 is 0. The second kappa shape index (κ2) is 42.1. The Kier molecular flexibility index (Phi) is 40.3.